The largest absolute Gasteiger partial charge is 0.379 e. The summed E-state index contributed by atoms with van der Waals surface area (Å²) in [6, 6.07) is 9.55. The number of hydrogen-bond acceptors (Lipinski definition) is 5. The monoisotopic (exact) mass is 407 g/mol. The fourth-order valence-electron chi connectivity index (χ4n) is 3.01. The highest BCUT2D eigenvalue weighted by Crippen LogP contribution is 2.28. The van der Waals surface area contributed by atoms with E-state index in [1.54, 1.807) is 0 Å². The van der Waals surface area contributed by atoms with E-state index in [0.717, 1.165) is 28.8 Å². The Balaban J connectivity index is 1.81. The van der Waals surface area contributed by atoms with Crippen LogP contribution in [0.15, 0.2) is 47.5 Å². The molecule has 1 N–H and O–H groups in total. The zero-order valence-electron chi connectivity index (χ0n) is 14.8. The number of fused-ring (bicyclic) bond motifs is 1. The molecule has 2 aromatic carbocycles. The molecule has 1 heterocycles. The molecule has 7 nitrogen and oxygen atoms in total. The van der Waals surface area contributed by atoms with Crippen molar-refractivity contribution in [3.05, 3.63) is 63.3 Å². The van der Waals surface area contributed by atoms with Crippen LogP contribution in [-0.2, 0) is 23.3 Å². The molecule has 0 fully saturated rings. The minimum absolute atomic E-state index is 0.0781. The van der Waals surface area contributed by atoms with Crippen molar-refractivity contribution in [2.24, 2.45) is 7.05 Å². The van der Waals surface area contributed by atoms with Crippen LogP contribution in [0.3, 0.4) is 0 Å². The summed E-state index contributed by atoms with van der Waals surface area (Å²) < 4.78 is 25.2. The quantitative estimate of drug-likeness (QED) is 0.495. The molecule has 0 saturated carbocycles. The second kappa shape index (κ2) is 7.21. The van der Waals surface area contributed by atoms with Crippen LogP contribution < -0.4 is 5.32 Å². The summed E-state index contributed by atoms with van der Waals surface area (Å²) in [5, 5.41) is 16.1. The van der Waals surface area contributed by atoms with Gasteiger partial charge < -0.3 is 9.88 Å². The first-order chi connectivity index (χ1) is 12.7. The molecule has 0 aliphatic carbocycles. The van der Waals surface area contributed by atoms with E-state index < -0.39 is 14.8 Å². The van der Waals surface area contributed by atoms with E-state index in [2.05, 4.69) is 5.32 Å². The number of nitrogens with zero attached hydrogens (tertiary/aromatic N) is 2. The van der Waals surface area contributed by atoms with E-state index >= 15 is 0 Å². The maximum absolute atomic E-state index is 11.6. The highest BCUT2D eigenvalue weighted by Gasteiger charge is 2.18. The van der Waals surface area contributed by atoms with Crippen molar-refractivity contribution in [1.82, 2.24) is 4.57 Å². The van der Waals surface area contributed by atoms with Crippen molar-refractivity contribution in [1.29, 1.82) is 0 Å². The summed E-state index contributed by atoms with van der Waals surface area (Å²) in [4.78, 5) is 10.6. The smallest absolute Gasteiger partial charge is 0.293 e. The van der Waals surface area contributed by atoms with E-state index in [0.29, 0.717) is 18.0 Å². The third kappa shape index (κ3) is 4.06. The van der Waals surface area contributed by atoms with Crippen molar-refractivity contribution >= 4 is 43.7 Å². The highest BCUT2D eigenvalue weighted by molar-refractivity contribution is 7.90. The normalized spacial score (nSPS) is 11.7. The zero-order valence-corrected chi connectivity index (χ0v) is 16.3. The number of aromatic nitrogens is 1. The first-order valence-corrected chi connectivity index (χ1v) is 10.4. The highest BCUT2D eigenvalue weighted by atomic mass is 35.5. The number of nitro benzene ring substituents is 1. The molecule has 9 heteroatoms. The van der Waals surface area contributed by atoms with Gasteiger partial charge in [0.1, 0.15) is 5.69 Å². The maximum Gasteiger partial charge on any atom is 0.293 e. The molecule has 0 aliphatic heterocycles. The van der Waals surface area contributed by atoms with Gasteiger partial charge in [0.15, 0.2) is 9.84 Å². The van der Waals surface area contributed by atoms with Crippen LogP contribution in [0.1, 0.15) is 5.56 Å². The number of hydrogen-bond donors (Lipinski definition) is 1. The van der Waals surface area contributed by atoms with Gasteiger partial charge in [0.25, 0.3) is 5.69 Å². The van der Waals surface area contributed by atoms with E-state index in [4.69, 9.17) is 11.6 Å². The van der Waals surface area contributed by atoms with Crippen molar-refractivity contribution in [3.63, 3.8) is 0 Å². The lowest BCUT2D eigenvalue weighted by molar-refractivity contribution is -0.384. The number of nitro groups is 1. The van der Waals surface area contributed by atoms with E-state index in [9.17, 15) is 18.5 Å². The summed E-state index contributed by atoms with van der Waals surface area (Å²) in [7, 11) is -1.58. The topological polar surface area (TPSA) is 94.2 Å². The Morgan fingerprint density at radius 1 is 1.22 bits per heavy atom. The Kier molecular flexibility index (Phi) is 5.12. The van der Waals surface area contributed by atoms with Crippen molar-refractivity contribution in [3.8, 4) is 0 Å². The third-order valence-electron chi connectivity index (χ3n) is 4.34. The van der Waals surface area contributed by atoms with Gasteiger partial charge in [0, 0.05) is 48.0 Å². The maximum atomic E-state index is 11.6. The van der Waals surface area contributed by atoms with E-state index in [1.165, 1.54) is 12.1 Å². The van der Waals surface area contributed by atoms with Gasteiger partial charge in [-0.25, -0.2) is 8.42 Å². The molecular formula is C18H18ClN3O4S. The van der Waals surface area contributed by atoms with Gasteiger partial charge in [-0.15, -0.1) is 0 Å². The summed E-state index contributed by atoms with van der Waals surface area (Å²) in [5.41, 5.74) is 2.13. The number of aryl methyl sites for hydroxylation is 1. The fraction of sp³-hybridized carbons (Fsp3) is 0.222. The zero-order chi connectivity index (χ0) is 19.8. The second-order valence-electron chi connectivity index (χ2n) is 6.31. The van der Waals surface area contributed by atoms with E-state index in [1.807, 2.05) is 36.0 Å². The molecule has 0 unspecified atom stereocenters. The lowest BCUT2D eigenvalue weighted by Crippen LogP contribution is -2.08. The molecule has 0 amide bonds. The van der Waals surface area contributed by atoms with Crippen LogP contribution in [0.5, 0.6) is 0 Å². The number of rotatable bonds is 6. The molecule has 0 saturated heterocycles. The Labute approximate surface area is 161 Å². The first kappa shape index (κ1) is 19.2. The molecule has 0 bridgehead atoms. The molecule has 3 aromatic rings. The molecule has 27 heavy (non-hydrogen) atoms. The predicted octanol–water partition coefficient (Wildman–Crippen LogP) is 3.80. The number of anilines is 1. The van der Waals surface area contributed by atoms with Crippen LogP contribution >= 0.6 is 11.6 Å². The van der Waals surface area contributed by atoms with Gasteiger partial charge >= 0.3 is 0 Å². The van der Waals surface area contributed by atoms with Gasteiger partial charge in [0.2, 0.25) is 0 Å². The first-order valence-electron chi connectivity index (χ1n) is 8.12. The van der Waals surface area contributed by atoms with Gasteiger partial charge in [-0.1, -0.05) is 17.7 Å². The van der Waals surface area contributed by atoms with Gasteiger partial charge in [0.05, 0.1) is 9.82 Å². The van der Waals surface area contributed by atoms with Gasteiger partial charge in [-0.3, -0.25) is 10.1 Å². The third-order valence-corrected chi connectivity index (χ3v) is 5.68. The number of sulfone groups is 1. The minimum atomic E-state index is -3.51. The standard InChI is InChI=1S/C18H18ClN3O4S/c1-21-11-12(15-5-3-13(19)9-17(15)21)7-8-20-16-6-4-14(27(2,25)26)10-18(16)22(23)24/h3-6,9-11,20H,7-8H2,1-2H3. The number of nitrogens with one attached hydrogen (secondary N) is 1. The average Bonchev–Trinajstić information content (AvgIpc) is 2.89. The summed E-state index contributed by atoms with van der Waals surface area (Å²) >= 11 is 6.04. The Morgan fingerprint density at radius 3 is 2.63 bits per heavy atom. The van der Waals surface area contributed by atoms with Crippen molar-refractivity contribution < 1.29 is 13.3 Å². The molecule has 142 valence electrons. The van der Waals surface area contributed by atoms with Crippen molar-refractivity contribution in [2.75, 3.05) is 18.1 Å². The summed E-state index contributed by atoms with van der Waals surface area (Å²) in [5.74, 6) is 0. The second-order valence-corrected chi connectivity index (χ2v) is 8.76. The number of benzene rings is 2. The Bertz CT molecular complexity index is 1140. The number of halogens is 1. The minimum Gasteiger partial charge on any atom is -0.379 e. The van der Waals surface area contributed by atoms with Crippen LogP contribution in [0.4, 0.5) is 11.4 Å². The molecule has 0 radical (unpaired) electrons. The van der Waals surface area contributed by atoms with Crippen LogP contribution in [0.25, 0.3) is 10.9 Å². The van der Waals surface area contributed by atoms with Crippen molar-refractivity contribution in [2.45, 2.75) is 11.3 Å². The lowest BCUT2D eigenvalue weighted by atomic mass is 10.1. The molecule has 0 atom stereocenters. The van der Waals surface area contributed by atoms with Gasteiger partial charge in [-0.05, 0) is 36.2 Å². The van der Waals surface area contributed by atoms with Gasteiger partial charge in [-0.2, -0.15) is 0 Å². The van der Waals surface area contributed by atoms with Crippen LogP contribution in [0, 0.1) is 10.1 Å². The van der Waals surface area contributed by atoms with E-state index in [-0.39, 0.29) is 16.3 Å². The summed E-state index contributed by atoms with van der Waals surface area (Å²) in [6.07, 6.45) is 3.67. The average molecular weight is 408 g/mol. The lowest BCUT2D eigenvalue weighted by Gasteiger charge is -2.08. The molecule has 0 aliphatic rings. The van der Waals surface area contributed by atoms with Crippen LogP contribution in [-0.4, -0.2) is 30.7 Å². The fourth-order valence-corrected chi connectivity index (χ4v) is 3.82. The Morgan fingerprint density at radius 2 is 1.96 bits per heavy atom. The molecule has 1 aromatic heterocycles. The predicted molar refractivity (Wildman–Crippen MR) is 106 cm³/mol. The molecular weight excluding hydrogens is 390 g/mol. The SMILES string of the molecule is Cn1cc(CCNc2ccc(S(C)(=O)=O)cc2[N+](=O)[O-])c2ccc(Cl)cc21. The molecule has 0 spiro atoms. The Hall–Kier alpha value is -2.58. The summed E-state index contributed by atoms with van der Waals surface area (Å²) in [6.45, 7) is 0.459. The molecule has 3 rings (SSSR count). The van der Waals surface area contributed by atoms with Crippen LogP contribution in [0.2, 0.25) is 5.02 Å².